The van der Waals surface area contributed by atoms with E-state index >= 15 is 0 Å². The van der Waals surface area contributed by atoms with E-state index in [1.165, 1.54) is 0 Å². The number of benzene rings is 17. The van der Waals surface area contributed by atoms with E-state index in [4.69, 9.17) is 4.98 Å². The Balaban J connectivity index is 0.982. The molecule has 5 nitrogen and oxygen atoms in total. The van der Waals surface area contributed by atoms with Crippen LogP contribution in [0.5, 0.6) is 0 Å². The Morgan fingerprint density at radius 3 is 0.455 bits per heavy atom. The van der Waals surface area contributed by atoms with Crippen LogP contribution in [-0.4, -0.2) is 23.3 Å². The molecule has 0 amide bonds. The zero-order chi connectivity index (χ0) is 73.7. The van der Waals surface area contributed by atoms with Crippen LogP contribution >= 0.6 is 0 Å². The highest BCUT2D eigenvalue weighted by atomic mass is 15.2. The summed E-state index contributed by atoms with van der Waals surface area (Å²) < 4.78 is 10.2. The van der Waals surface area contributed by atoms with E-state index in [2.05, 4.69) is 437 Å². The molecular formula is C107H69N5. The van der Waals surface area contributed by atoms with Crippen LogP contribution in [0.1, 0.15) is 0 Å². The van der Waals surface area contributed by atoms with E-state index in [-0.39, 0.29) is 0 Å². The Bertz CT molecular complexity index is 6600. The number of hydrogen-bond acceptors (Lipinski definition) is 1. The summed E-state index contributed by atoms with van der Waals surface area (Å²) in [5.41, 5.74) is 30.3. The minimum absolute atomic E-state index is 0.755. The fourth-order valence-electron chi connectivity index (χ4n) is 17.7. The van der Waals surface area contributed by atoms with E-state index in [9.17, 15) is 0 Å². The molecule has 22 aromatic rings. The van der Waals surface area contributed by atoms with Gasteiger partial charge in [0, 0.05) is 48.7 Å². The van der Waals surface area contributed by atoms with E-state index < -0.39 is 0 Å². The van der Waals surface area contributed by atoms with Gasteiger partial charge in [-0.05, 0) is 192 Å². The lowest BCUT2D eigenvalue weighted by atomic mass is 10.00. The van der Waals surface area contributed by atoms with Crippen molar-refractivity contribution in [1.29, 1.82) is 0 Å². The van der Waals surface area contributed by atoms with Crippen molar-refractivity contribution >= 4 is 87.2 Å². The molecule has 5 heterocycles. The third-order valence-electron chi connectivity index (χ3n) is 23.0. The average molecular weight is 1420 g/mol. The first-order valence-corrected chi connectivity index (χ1v) is 38.5. The number of rotatable bonds is 13. The first-order valence-electron chi connectivity index (χ1n) is 38.5. The molecular weight excluding hydrogens is 1360 g/mol. The second-order valence-corrected chi connectivity index (χ2v) is 29.3. The van der Waals surface area contributed by atoms with E-state index in [1.807, 2.05) is 0 Å². The topological polar surface area (TPSA) is 32.6 Å². The van der Waals surface area contributed by atoms with Crippen molar-refractivity contribution in [2.75, 3.05) is 0 Å². The molecule has 0 fully saturated rings. The Labute approximate surface area is 648 Å². The smallest absolute Gasteiger partial charge is 0.165 e. The highest BCUT2D eigenvalue weighted by Gasteiger charge is 2.34. The molecule has 0 radical (unpaired) electrons. The fourth-order valence-corrected chi connectivity index (χ4v) is 17.7. The van der Waals surface area contributed by atoms with Crippen molar-refractivity contribution in [2.24, 2.45) is 0 Å². The molecule has 17 aromatic carbocycles. The van der Waals surface area contributed by atoms with Crippen molar-refractivity contribution in [1.82, 2.24) is 23.3 Å². The summed E-state index contributed by atoms with van der Waals surface area (Å²) >= 11 is 0. The van der Waals surface area contributed by atoms with Crippen molar-refractivity contribution < 1.29 is 0 Å². The predicted molar refractivity (Wildman–Crippen MR) is 471 cm³/mol. The summed E-state index contributed by atoms with van der Waals surface area (Å²) in [7, 11) is 0. The van der Waals surface area contributed by atoms with E-state index in [0.29, 0.717) is 0 Å². The molecule has 0 N–H and O–H groups in total. The molecule has 0 spiro atoms. The Kier molecular flexibility index (Phi) is 15.2. The summed E-state index contributed by atoms with van der Waals surface area (Å²) in [5, 5.41) is 8.93. The van der Waals surface area contributed by atoms with Crippen LogP contribution in [0.15, 0.2) is 419 Å². The predicted octanol–water partition coefficient (Wildman–Crippen LogP) is 28.5. The Hall–Kier alpha value is -14.9. The summed E-state index contributed by atoms with van der Waals surface area (Å²) in [6.07, 6.45) is 0. The lowest BCUT2D eigenvalue weighted by Crippen LogP contribution is -2.16. The zero-order valence-electron chi connectivity index (χ0n) is 61.1. The number of pyridine rings is 1. The molecule has 0 saturated carbocycles. The van der Waals surface area contributed by atoms with Gasteiger partial charge in [0.25, 0.3) is 0 Å². The van der Waals surface area contributed by atoms with Crippen molar-refractivity contribution in [3.8, 4) is 123 Å². The van der Waals surface area contributed by atoms with Gasteiger partial charge in [-0.2, -0.15) is 0 Å². The van der Waals surface area contributed by atoms with Gasteiger partial charge < -0.3 is 9.13 Å². The molecule has 522 valence electrons. The minimum atomic E-state index is 0.755. The van der Waals surface area contributed by atoms with Crippen LogP contribution < -0.4 is 0 Å². The second-order valence-electron chi connectivity index (χ2n) is 29.3. The lowest BCUT2D eigenvalue weighted by molar-refractivity contribution is 0.961. The second kappa shape index (κ2) is 26.5. The normalized spacial score (nSPS) is 11.8. The number of hydrogen-bond donors (Lipinski definition) is 0. The van der Waals surface area contributed by atoms with Gasteiger partial charge in [0.15, 0.2) is 11.6 Å². The van der Waals surface area contributed by atoms with Gasteiger partial charge in [-0.3, -0.25) is 9.13 Å². The molecule has 0 aliphatic heterocycles. The monoisotopic (exact) mass is 1420 g/mol. The van der Waals surface area contributed by atoms with Crippen LogP contribution in [0.3, 0.4) is 0 Å². The fraction of sp³-hybridized carbons (Fsp3) is 0. The largest absolute Gasteiger partial charge is 0.305 e. The molecule has 0 unspecified atom stereocenters. The van der Waals surface area contributed by atoms with Gasteiger partial charge in [0.2, 0.25) is 0 Å². The van der Waals surface area contributed by atoms with Crippen LogP contribution in [-0.2, 0) is 0 Å². The first kappa shape index (κ1) is 64.3. The molecule has 0 bridgehead atoms. The summed E-state index contributed by atoms with van der Waals surface area (Å²) in [5.74, 6) is 1.51. The number of aromatic nitrogens is 5. The third kappa shape index (κ3) is 10.7. The average Bonchev–Trinajstić information content (AvgIpc) is 1.61. The van der Waals surface area contributed by atoms with Gasteiger partial charge in [-0.1, -0.05) is 322 Å². The highest BCUT2D eigenvalue weighted by Crippen LogP contribution is 2.52. The maximum Gasteiger partial charge on any atom is 0.165 e. The summed E-state index contributed by atoms with van der Waals surface area (Å²) in [4.78, 5) is 6.85. The van der Waals surface area contributed by atoms with Crippen molar-refractivity contribution in [3.05, 3.63) is 419 Å². The van der Waals surface area contributed by atoms with Gasteiger partial charge >= 0.3 is 0 Å². The summed E-state index contributed by atoms with van der Waals surface area (Å²) in [6.45, 7) is 0. The molecule has 0 atom stereocenters. The Morgan fingerprint density at radius 1 is 0.134 bits per heavy atom. The molecule has 22 rings (SSSR count). The zero-order valence-corrected chi connectivity index (χ0v) is 61.1. The van der Waals surface area contributed by atoms with E-state index in [1.54, 1.807) is 0 Å². The molecule has 5 aromatic heterocycles. The maximum absolute atomic E-state index is 6.85. The van der Waals surface area contributed by atoms with Crippen molar-refractivity contribution in [2.45, 2.75) is 0 Å². The van der Waals surface area contributed by atoms with Crippen LogP contribution in [0.2, 0.25) is 0 Å². The minimum Gasteiger partial charge on any atom is -0.305 e. The molecule has 5 heteroatoms. The first-order chi connectivity index (χ1) is 55.6. The third-order valence-corrected chi connectivity index (χ3v) is 23.0. The Morgan fingerprint density at radius 2 is 0.286 bits per heavy atom. The van der Waals surface area contributed by atoms with Gasteiger partial charge in [0.05, 0.1) is 44.1 Å². The van der Waals surface area contributed by atoms with Gasteiger partial charge in [0.1, 0.15) is 11.4 Å². The van der Waals surface area contributed by atoms with E-state index in [0.717, 1.165) is 210 Å². The molecule has 112 heavy (non-hydrogen) atoms. The van der Waals surface area contributed by atoms with Gasteiger partial charge in [-0.15, -0.1) is 0 Å². The van der Waals surface area contributed by atoms with Crippen LogP contribution in [0, 0.1) is 0 Å². The molecule has 0 aliphatic carbocycles. The molecule has 0 aliphatic rings. The number of nitrogens with zero attached hydrogens (tertiary/aromatic N) is 5. The lowest BCUT2D eigenvalue weighted by Gasteiger charge is -2.27. The van der Waals surface area contributed by atoms with Crippen molar-refractivity contribution in [3.63, 3.8) is 0 Å². The quantitative estimate of drug-likeness (QED) is 0.113. The van der Waals surface area contributed by atoms with Crippen LogP contribution in [0.25, 0.3) is 210 Å². The highest BCUT2D eigenvalue weighted by molar-refractivity contribution is 6.18. The van der Waals surface area contributed by atoms with Gasteiger partial charge in [-0.25, -0.2) is 4.98 Å². The molecule has 0 saturated heterocycles. The SMILES string of the molecule is c1ccc(-c2ccc3c(c2)c2cc(-c4ccccc4)ccc2n3-c2nc(-n3c4ccc(-c5ccccc5)cc4c4cc(-c5ccccc5)ccc43)c(-n3c4ccc(-c5ccccc5)cc4c4cc(-c5ccccc5)ccc43)c(-c3ccccc3)c2-n2c3ccc(-c4ccccc4)cc3c3cc(-c4ccccc4)ccc32)cc1. The maximum atomic E-state index is 6.85. The number of fused-ring (bicyclic) bond motifs is 12. The standard InChI is InChI=1S/C107H69N5/c1-10-28-70(29-11-1)79-46-54-95-87(62-79)88-63-80(71-30-12-2-13-31-71)47-55-96(88)109(95)104-103(78-44-26-9-27-45-78)105(110-97-56-48-81(72-32-14-3-15-33-72)64-89(97)90-65-82(49-57-98(90)110)73-34-16-4-17-35-73)107(112-101-60-52-85(76-40-22-7-23-41-76)68-93(101)94-69-86(53-61-102(94)112)77-42-24-8-25-43-77)108-106(104)111-99-58-50-83(74-36-18-5-19-37-74)66-91(99)92-67-84(51-59-100(92)111)75-38-20-6-21-39-75/h1-69H. The summed E-state index contributed by atoms with van der Waals surface area (Å²) in [6, 6.07) is 155. The van der Waals surface area contributed by atoms with Crippen LogP contribution in [0.4, 0.5) is 0 Å².